The number of piperazine rings is 1. The van der Waals surface area contributed by atoms with E-state index in [9.17, 15) is 14.7 Å². The van der Waals surface area contributed by atoms with Crippen LogP contribution in [0.15, 0.2) is 18.2 Å². The number of carboxylic acids is 1. The van der Waals surface area contributed by atoms with Crippen LogP contribution in [0, 0.1) is 13.8 Å². The zero-order valence-corrected chi connectivity index (χ0v) is 13.1. The van der Waals surface area contributed by atoms with E-state index in [4.69, 9.17) is 0 Å². The van der Waals surface area contributed by atoms with Crippen LogP contribution in [-0.2, 0) is 9.59 Å². The van der Waals surface area contributed by atoms with Crippen LogP contribution in [0.5, 0.6) is 0 Å². The number of aryl methyl sites for hydroxylation is 2. The third-order valence-corrected chi connectivity index (χ3v) is 3.92. The molecule has 0 saturated carbocycles. The van der Waals surface area contributed by atoms with Crippen LogP contribution in [0.1, 0.15) is 17.5 Å². The Kier molecular flexibility index (Phi) is 5.51. The van der Waals surface area contributed by atoms with E-state index in [1.54, 1.807) is 0 Å². The van der Waals surface area contributed by atoms with Crippen molar-refractivity contribution in [2.75, 3.05) is 31.5 Å². The van der Waals surface area contributed by atoms with E-state index in [0.29, 0.717) is 13.1 Å². The predicted octanol–water partition coefficient (Wildman–Crippen LogP) is 0.990. The van der Waals surface area contributed by atoms with E-state index in [1.165, 1.54) is 0 Å². The van der Waals surface area contributed by atoms with Gasteiger partial charge in [0.25, 0.3) is 0 Å². The number of anilines is 1. The van der Waals surface area contributed by atoms with Gasteiger partial charge >= 0.3 is 5.97 Å². The maximum Gasteiger partial charge on any atom is 0.321 e. The SMILES string of the molecule is Cc1ccc(C)c(NC(=O)C[C@H](C(=O)O)N2CCNCC2)c1. The van der Waals surface area contributed by atoms with E-state index in [1.807, 2.05) is 36.9 Å². The lowest BCUT2D eigenvalue weighted by Crippen LogP contribution is -2.52. The molecule has 6 heteroatoms. The first-order chi connectivity index (χ1) is 10.5. The van der Waals surface area contributed by atoms with Crippen molar-refractivity contribution >= 4 is 17.6 Å². The molecule has 3 N–H and O–H groups in total. The highest BCUT2D eigenvalue weighted by molar-refractivity contribution is 5.94. The van der Waals surface area contributed by atoms with Crippen molar-refractivity contribution in [3.63, 3.8) is 0 Å². The van der Waals surface area contributed by atoms with Gasteiger partial charge in [-0.2, -0.15) is 0 Å². The van der Waals surface area contributed by atoms with Crippen LogP contribution in [0.3, 0.4) is 0 Å². The molecule has 1 aromatic rings. The lowest BCUT2D eigenvalue weighted by Gasteiger charge is -2.32. The van der Waals surface area contributed by atoms with E-state index in [0.717, 1.165) is 29.9 Å². The van der Waals surface area contributed by atoms with Crippen LogP contribution in [0.25, 0.3) is 0 Å². The van der Waals surface area contributed by atoms with Gasteiger partial charge < -0.3 is 15.7 Å². The number of aliphatic carboxylic acids is 1. The molecule has 1 saturated heterocycles. The lowest BCUT2D eigenvalue weighted by molar-refractivity contribution is -0.145. The number of nitrogens with one attached hydrogen (secondary N) is 2. The largest absolute Gasteiger partial charge is 0.480 e. The summed E-state index contributed by atoms with van der Waals surface area (Å²) in [5, 5.41) is 15.4. The maximum atomic E-state index is 12.2. The van der Waals surface area contributed by atoms with Crippen molar-refractivity contribution in [3.8, 4) is 0 Å². The van der Waals surface area contributed by atoms with E-state index < -0.39 is 12.0 Å². The molecular formula is C16H23N3O3. The molecule has 6 nitrogen and oxygen atoms in total. The molecule has 1 atom stereocenters. The Morgan fingerprint density at radius 3 is 2.64 bits per heavy atom. The molecule has 1 amide bonds. The van der Waals surface area contributed by atoms with Gasteiger partial charge in [-0.15, -0.1) is 0 Å². The minimum absolute atomic E-state index is 0.0390. The molecule has 1 aliphatic rings. The van der Waals surface area contributed by atoms with Gasteiger partial charge in [0.2, 0.25) is 5.91 Å². The van der Waals surface area contributed by atoms with Crippen molar-refractivity contribution in [2.24, 2.45) is 0 Å². The van der Waals surface area contributed by atoms with Crippen molar-refractivity contribution in [3.05, 3.63) is 29.3 Å². The average molecular weight is 305 g/mol. The average Bonchev–Trinajstić information content (AvgIpc) is 2.49. The van der Waals surface area contributed by atoms with Gasteiger partial charge in [0.1, 0.15) is 6.04 Å². The van der Waals surface area contributed by atoms with Gasteiger partial charge in [-0.1, -0.05) is 12.1 Å². The molecule has 0 unspecified atom stereocenters. The monoisotopic (exact) mass is 305 g/mol. The van der Waals surface area contributed by atoms with Crippen molar-refractivity contribution in [1.29, 1.82) is 0 Å². The third-order valence-electron chi connectivity index (χ3n) is 3.92. The molecule has 1 fully saturated rings. The molecule has 120 valence electrons. The van der Waals surface area contributed by atoms with Crippen LogP contribution < -0.4 is 10.6 Å². The zero-order chi connectivity index (χ0) is 16.1. The smallest absolute Gasteiger partial charge is 0.321 e. The van der Waals surface area contributed by atoms with Crippen molar-refractivity contribution in [2.45, 2.75) is 26.3 Å². The van der Waals surface area contributed by atoms with Crippen LogP contribution >= 0.6 is 0 Å². The standard InChI is InChI=1S/C16H23N3O3/c1-11-3-4-12(2)13(9-11)18-15(20)10-14(16(21)22)19-7-5-17-6-8-19/h3-4,9,14,17H,5-8,10H2,1-2H3,(H,18,20)(H,21,22)/t14-/m1/s1. The molecular weight excluding hydrogens is 282 g/mol. The van der Waals surface area contributed by atoms with Gasteiger partial charge in [-0.05, 0) is 31.0 Å². The summed E-state index contributed by atoms with van der Waals surface area (Å²) < 4.78 is 0. The summed E-state index contributed by atoms with van der Waals surface area (Å²) in [4.78, 5) is 25.5. The van der Waals surface area contributed by atoms with E-state index >= 15 is 0 Å². The molecule has 1 aliphatic heterocycles. The minimum Gasteiger partial charge on any atom is -0.480 e. The second-order valence-corrected chi connectivity index (χ2v) is 5.71. The Hall–Kier alpha value is -1.92. The molecule has 0 bridgehead atoms. The second kappa shape index (κ2) is 7.38. The molecule has 1 aromatic carbocycles. The first-order valence-electron chi connectivity index (χ1n) is 7.52. The summed E-state index contributed by atoms with van der Waals surface area (Å²) in [6.07, 6.45) is -0.0390. The second-order valence-electron chi connectivity index (χ2n) is 5.71. The zero-order valence-electron chi connectivity index (χ0n) is 13.1. The summed E-state index contributed by atoms with van der Waals surface area (Å²) in [5.74, 6) is -1.21. The number of nitrogens with zero attached hydrogens (tertiary/aromatic N) is 1. The lowest BCUT2D eigenvalue weighted by atomic mass is 10.1. The van der Waals surface area contributed by atoms with Crippen LogP contribution in [0.4, 0.5) is 5.69 Å². The Balaban J connectivity index is 2.01. The van der Waals surface area contributed by atoms with Crippen molar-refractivity contribution < 1.29 is 14.7 Å². The quantitative estimate of drug-likeness (QED) is 0.756. The summed E-state index contributed by atoms with van der Waals surface area (Å²) in [7, 11) is 0. The summed E-state index contributed by atoms with van der Waals surface area (Å²) in [6, 6.07) is 5.04. The molecule has 0 spiro atoms. The molecule has 0 radical (unpaired) electrons. The summed E-state index contributed by atoms with van der Waals surface area (Å²) >= 11 is 0. The van der Waals surface area contributed by atoms with Gasteiger partial charge in [0.15, 0.2) is 0 Å². The predicted molar refractivity (Wildman–Crippen MR) is 85.0 cm³/mol. The fourth-order valence-corrected chi connectivity index (χ4v) is 2.61. The van der Waals surface area contributed by atoms with E-state index in [-0.39, 0.29) is 12.3 Å². The number of hydrogen-bond acceptors (Lipinski definition) is 4. The number of carboxylic acid groups (broad SMARTS) is 1. The number of amides is 1. The Labute approximate surface area is 130 Å². The summed E-state index contributed by atoms with van der Waals surface area (Å²) in [6.45, 7) is 6.67. The maximum absolute atomic E-state index is 12.2. The highest BCUT2D eigenvalue weighted by atomic mass is 16.4. The van der Waals surface area contributed by atoms with Crippen molar-refractivity contribution in [1.82, 2.24) is 10.2 Å². The Morgan fingerprint density at radius 2 is 2.00 bits per heavy atom. The highest BCUT2D eigenvalue weighted by Crippen LogP contribution is 2.17. The number of hydrogen-bond donors (Lipinski definition) is 3. The van der Waals surface area contributed by atoms with Crippen LogP contribution in [0.2, 0.25) is 0 Å². The van der Waals surface area contributed by atoms with Crippen LogP contribution in [-0.4, -0.2) is 54.1 Å². The van der Waals surface area contributed by atoms with E-state index in [2.05, 4.69) is 10.6 Å². The number of rotatable bonds is 5. The fourth-order valence-electron chi connectivity index (χ4n) is 2.61. The van der Waals surface area contributed by atoms with Gasteiger partial charge in [-0.3, -0.25) is 14.5 Å². The molecule has 0 aliphatic carbocycles. The normalized spacial score (nSPS) is 17.0. The molecule has 22 heavy (non-hydrogen) atoms. The topological polar surface area (TPSA) is 81.7 Å². The van der Waals surface area contributed by atoms with Gasteiger partial charge in [0, 0.05) is 31.9 Å². The fraction of sp³-hybridized carbons (Fsp3) is 0.500. The number of carbonyl (C=O) groups excluding carboxylic acids is 1. The third kappa shape index (κ3) is 4.29. The molecule has 2 rings (SSSR count). The Bertz CT molecular complexity index is 554. The molecule has 1 heterocycles. The summed E-state index contributed by atoms with van der Waals surface area (Å²) in [5.41, 5.74) is 2.76. The molecule has 0 aromatic heterocycles. The Morgan fingerprint density at radius 1 is 1.32 bits per heavy atom. The minimum atomic E-state index is -0.946. The first-order valence-corrected chi connectivity index (χ1v) is 7.52. The van der Waals surface area contributed by atoms with Gasteiger partial charge in [-0.25, -0.2) is 0 Å². The highest BCUT2D eigenvalue weighted by Gasteiger charge is 2.29. The number of benzene rings is 1. The number of carbonyl (C=O) groups is 2. The van der Waals surface area contributed by atoms with Gasteiger partial charge in [0.05, 0.1) is 6.42 Å². The first kappa shape index (κ1) is 16.5.